The van der Waals surface area contributed by atoms with E-state index < -0.39 is 17.8 Å². The maximum Gasteiger partial charge on any atom is 0.270 e. The molecule has 0 saturated heterocycles. The summed E-state index contributed by atoms with van der Waals surface area (Å²) in [6.45, 7) is 1.30. The second-order valence-electron chi connectivity index (χ2n) is 4.87. The van der Waals surface area contributed by atoms with Gasteiger partial charge in [0.1, 0.15) is 5.75 Å². The van der Waals surface area contributed by atoms with Crippen molar-refractivity contribution in [3.05, 3.63) is 40.8 Å². The SMILES string of the molecule is CC(=O)C(Oc1cccc2c(=O)[nH]ccc12)C(=O)N(C)C. The number of H-pyrrole nitrogens is 1. The van der Waals surface area contributed by atoms with Gasteiger partial charge in [0, 0.05) is 25.7 Å². The summed E-state index contributed by atoms with van der Waals surface area (Å²) < 4.78 is 5.57. The molecule has 0 spiro atoms. The Balaban J connectivity index is 2.47. The van der Waals surface area contributed by atoms with Crippen molar-refractivity contribution in [3.63, 3.8) is 0 Å². The topological polar surface area (TPSA) is 79.5 Å². The van der Waals surface area contributed by atoms with Crippen molar-refractivity contribution in [3.8, 4) is 5.75 Å². The zero-order valence-corrected chi connectivity index (χ0v) is 12.0. The zero-order chi connectivity index (χ0) is 15.6. The smallest absolute Gasteiger partial charge is 0.270 e. The summed E-state index contributed by atoms with van der Waals surface area (Å²) in [4.78, 5) is 39.3. The maximum absolute atomic E-state index is 12.0. The summed E-state index contributed by atoms with van der Waals surface area (Å²) in [5.41, 5.74) is -0.253. The normalized spacial score (nSPS) is 12.0. The van der Waals surface area contributed by atoms with Crippen molar-refractivity contribution in [1.82, 2.24) is 9.88 Å². The largest absolute Gasteiger partial charge is 0.472 e. The van der Waals surface area contributed by atoms with Gasteiger partial charge in [-0.15, -0.1) is 0 Å². The molecule has 6 nitrogen and oxygen atoms in total. The van der Waals surface area contributed by atoms with Crippen LogP contribution in [0.2, 0.25) is 0 Å². The Hall–Kier alpha value is -2.63. The average molecular weight is 288 g/mol. The lowest BCUT2D eigenvalue weighted by Crippen LogP contribution is -2.42. The molecule has 1 amide bonds. The van der Waals surface area contributed by atoms with Gasteiger partial charge in [-0.3, -0.25) is 14.4 Å². The van der Waals surface area contributed by atoms with Crippen LogP contribution in [0.1, 0.15) is 6.92 Å². The number of Topliss-reactive ketones (excluding diaryl/α,β-unsaturated/α-hetero) is 1. The number of carbonyl (C=O) groups excluding carboxylic acids is 2. The van der Waals surface area contributed by atoms with Gasteiger partial charge in [0.15, 0.2) is 5.78 Å². The number of rotatable bonds is 4. The third kappa shape index (κ3) is 2.94. The Bertz CT molecular complexity index is 749. The standard InChI is InChI=1S/C15H16N2O4/c1-9(18)13(15(20)17(2)3)21-12-6-4-5-11-10(12)7-8-16-14(11)19/h4-8,13H,1-3H3,(H,16,19). The number of hydrogen-bond donors (Lipinski definition) is 1. The van der Waals surface area contributed by atoms with Crippen molar-refractivity contribution in [2.24, 2.45) is 0 Å². The van der Waals surface area contributed by atoms with Crippen molar-refractivity contribution in [2.45, 2.75) is 13.0 Å². The van der Waals surface area contributed by atoms with Crippen LogP contribution in [0.3, 0.4) is 0 Å². The van der Waals surface area contributed by atoms with Gasteiger partial charge in [-0.05, 0) is 25.1 Å². The highest BCUT2D eigenvalue weighted by Gasteiger charge is 2.27. The number of fused-ring (bicyclic) bond motifs is 1. The van der Waals surface area contributed by atoms with Crippen LogP contribution in [0.5, 0.6) is 5.75 Å². The monoisotopic (exact) mass is 288 g/mol. The summed E-state index contributed by atoms with van der Waals surface area (Å²) in [6, 6.07) is 6.59. The number of aromatic amines is 1. The van der Waals surface area contributed by atoms with E-state index in [2.05, 4.69) is 4.98 Å². The molecular weight excluding hydrogens is 272 g/mol. The van der Waals surface area contributed by atoms with E-state index in [1.165, 1.54) is 18.0 Å². The van der Waals surface area contributed by atoms with E-state index >= 15 is 0 Å². The average Bonchev–Trinajstić information content (AvgIpc) is 2.44. The maximum atomic E-state index is 12.0. The number of pyridine rings is 1. The predicted octanol–water partition coefficient (Wildman–Crippen LogP) is 0.953. The highest BCUT2D eigenvalue weighted by molar-refractivity contribution is 6.03. The minimum absolute atomic E-state index is 0.253. The molecule has 1 aromatic carbocycles. The molecular formula is C15H16N2O4. The molecule has 0 aliphatic carbocycles. The molecule has 0 fully saturated rings. The zero-order valence-electron chi connectivity index (χ0n) is 12.0. The van der Waals surface area contributed by atoms with Gasteiger partial charge in [0.2, 0.25) is 6.10 Å². The second kappa shape index (κ2) is 5.78. The number of ketones is 1. The van der Waals surface area contributed by atoms with E-state index in [1.54, 1.807) is 38.4 Å². The molecule has 1 N–H and O–H groups in total. The first-order chi connectivity index (χ1) is 9.91. The number of hydrogen-bond acceptors (Lipinski definition) is 4. The molecule has 2 aromatic rings. The van der Waals surface area contributed by atoms with E-state index in [0.29, 0.717) is 16.5 Å². The van der Waals surface area contributed by atoms with E-state index in [9.17, 15) is 14.4 Å². The Kier molecular flexibility index (Phi) is 4.07. The first-order valence-corrected chi connectivity index (χ1v) is 6.40. The Morgan fingerprint density at radius 3 is 2.52 bits per heavy atom. The first kappa shape index (κ1) is 14.8. The van der Waals surface area contributed by atoms with Crippen LogP contribution in [0.4, 0.5) is 0 Å². The van der Waals surface area contributed by atoms with Gasteiger partial charge in [-0.1, -0.05) is 6.07 Å². The van der Waals surface area contributed by atoms with Gasteiger partial charge in [-0.2, -0.15) is 0 Å². The summed E-state index contributed by atoms with van der Waals surface area (Å²) in [7, 11) is 3.10. The molecule has 6 heteroatoms. The van der Waals surface area contributed by atoms with Crippen molar-refractivity contribution < 1.29 is 14.3 Å². The third-order valence-corrected chi connectivity index (χ3v) is 3.05. The third-order valence-electron chi connectivity index (χ3n) is 3.05. The lowest BCUT2D eigenvalue weighted by Gasteiger charge is -2.20. The van der Waals surface area contributed by atoms with Gasteiger partial charge >= 0.3 is 0 Å². The highest BCUT2D eigenvalue weighted by atomic mass is 16.5. The fourth-order valence-corrected chi connectivity index (χ4v) is 1.96. The number of nitrogens with one attached hydrogen (secondary N) is 1. The van der Waals surface area contributed by atoms with Crippen molar-refractivity contribution in [2.75, 3.05) is 14.1 Å². The van der Waals surface area contributed by atoms with E-state index in [0.717, 1.165) is 0 Å². The molecule has 1 atom stereocenters. The van der Waals surface area contributed by atoms with E-state index in [-0.39, 0.29) is 5.56 Å². The van der Waals surface area contributed by atoms with Crippen molar-refractivity contribution >= 4 is 22.5 Å². The number of aromatic nitrogens is 1. The second-order valence-corrected chi connectivity index (χ2v) is 4.87. The van der Waals surface area contributed by atoms with Crippen LogP contribution < -0.4 is 10.3 Å². The molecule has 21 heavy (non-hydrogen) atoms. The van der Waals surface area contributed by atoms with Crippen LogP contribution >= 0.6 is 0 Å². The Morgan fingerprint density at radius 1 is 1.19 bits per heavy atom. The number of amides is 1. The van der Waals surface area contributed by atoms with Crippen molar-refractivity contribution in [1.29, 1.82) is 0 Å². The molecule has 1 unspecified atom stereocenters. The predicted molar refractivity (Wildman–Crippen MR) is 78.4 cm³/mol. The van der Waals surface area contributed by atoms with Crippen LogP contribution in [0, 0.1) is 0 Å². The van der Waals surface area contributed by atoms with Crippen LogP contribution in [0.15, 0.2) is 35.3 Å². The summed E-state index contributed by atoms with van der Waals surface area (Å²) >= 11 is 0. The molecule has 0 aliphatic rings. The van der Waals surface area contributed by atoms with Crippen LogP contribution in [-0.2, 0) is 9.59 Å². The summed E-state index contributed by atoms with van der Waals surface area (Å²) in [5, 5.41) is 0.994. The Labute approximate surface area is 121 Å². The van der Waals surface area contributed by atoms with Crippen LogP contribution in [0.25, 0.3) is 10.8 Å². The molecule has 110 valence electrons. The first-order valence-electron chi connectivity index (χ1n) is 6.40. The van der Waals surface area contributed by atoms with Gasteiger partial charge in [0.25, 0.3) is 11.5 Å². The van der Waals surface area contributed by atoms with Gasteiger partial charge < -0.3 is 14.6 Å². The minimum Gasteiger partial charge on any atom is -0.472 e. The number of benzene rings is 1. The number of likely N-dealkylation sites (N-methyl/N-ethyl adjacent to an activating group) is 1. The molecule has 2 rings (SSSR count). The summed E-state index contributed by atoms with van der Waals surface area (Å²) in [6.07, 6.45) is 0.276. The van der Waals surface area contributed by atoms with E-state index in [1.807, 2.05) is 0 Å². The molecule has 1 heterocycles. The Morgan fingerprint density at radius 2 is 1.90 bits per heavy atom. The lowest BCUT2D eigenvalue weighted by atomic mass is 10.1. The van der Waals surface area contributed by atoms with Gasteiger partial charge in [-0.25, -0.2) is 0 Å². The van der Waals surface area contributed by atoms with Gasteiger partial charge in [0.05, 0.1) is 5.39 Å². The quantitative estimate of drug-likeness (QED) is 0.850. The molecule has 0 aliphatic heterocycles. The summed E-state index contributed by atoms with van der Waals surface area (Å²) in [5.74, 6) is -0.506. The molecule has 1 aromatic heterocycles. The fraction of sp³-hybridized carbons (Fsp3) is 0.267. The molecule has 0 bridgehead atoms. The number of carbonyl (C=O) groups is 2. The number of ether oxygens (including phenoxy) is 1. The minimum atomic E-state index is -1.22. The molecule has 0 radical (unpaired) electrons. The highest BCUT2D eigenvalue weighted by Crippen LogP contribution is 2.24. The van der Waals surface area contributed by atoms with E-state index in [4.69, 9.17) is 4.74 Å². The lowest BCUT2D eigenvalue weighted by molar-refractivity contribution is -0.142. The fourth-order valence-electron chi connectivity index (χ4n) is 1.96. The van der Waals surface area contributed by atoms with Crippen LogP contribution in [-0.4, -0.2) is 41.8 Å². The molecule has 0 saturated carbocycles. The number of nitrogens with zero attached hydrogens (tertiary/aromatic N) is 1.